The van der Waals surface area contributed by atoms with Crippen molar-refractivity contribution in [1.82, 2.24) is 0 Å². The van der Waals surface area contributed by atoms with Gasteiger partial charge in [0.25, 0.3) is 0 Å². The highest BCUT2D eigenvalue weighted by molar-refractivity contribution is 5.69. The third-order valence-electron chi connectivity index (χ3n) is 4.38. The second-order valence-corrected chi connectivity index (χ2v) is 7.85. The highest BCUT2D eigenvalue weighted by Gasteiger charge is 2.26. The van der Waals surface area contributed by atoms with Crippen molar-refractivity contribution in [1.29, 1.82) is 0 Å². The van der Waals surface area contributed by atoms with Crippen LogP contribution in [-0.4, -0.2) is 11.6 Å². The first-order valence-corrected chi connectivity index (χ1v) is 9.52. The van der Waals surface area contributed by atoms with E-state index >= 15 is 0 Å². The Bertz CT molecular complexity index is 281. The molecule has 1 unspecified atom stereocenters. The molecule has 0 radical (unpaired) electrons. The number of unbranched alkanes of at least 4 members (excludes halogenated alkanes) is 3. The molecular formula is C20H40O2. The maximum absolute atomic E-state index is 12.0. The molecule has 0 aliphatic carbocycles. The molecule has 0 heterocycles. The van der Waals surface area contributed by atoms with Crippen LogP contribution in [0.25, 0.3) is 0 Å². The summed E-state index contributed by atoms with van der Waals surface area (Å²) in [4.78, 5) is 12.0. The fraction of sp³-hybridized carbons (Fsp3) is 0.950. The minimum absolute atomic E-state index is 0.0140. The molecule has 2 nitrogen and oxygen atoms in total. The van der Waals surface area contributed by atoms with Crippen molar-refractivity contribution in [2.45, 2.75) is 111 Å². The predicted octanol–water partition coefficient (Wildman–Crippen LogP) is 6.52. The first-order valence-electron chi connectivity index (χ1n) is 9.52. The van der Waals surface area contributed by atoms with Gasteiger partial charge in [-0.1, -0.05) is 72.6 Å². The normalized spacial score (nSPS) is 13.4. The van der Waals surface area contributed by atoms with Crippen molar-refractivity contribution >= 4 is 5.97 Å². The monoisotopic (exact) mass is 312 g/mol. The molecule has 132 valence electrons. The summed E-state index contributed by atoms with van der Waals surface area (Å²) in [6, 6.07) is 0. The van der Waals surface area contributed by atoms with E-state index in [0.717, 1.165) is 25.2 Å². The highest BCUT2D eigenvalue weighted by Crippen LogP contribution is 2.27. The summed E-state index contributed by atoms with van der Waals surface area (Å²) in [5.74, 6) is 1.42. The lowest BCUT2D eigenvalue weighted by atomic mass is 9.87. The van der Waals surface area contributed by atoms with E-state index in [9.17, 15) is 4.79 Å². The minimum atomic E-state index is -0.316. The Morgan fingerprint density at radius 1 is 1.00 bits per heavy atom. The van der Waals surface area contributed by atoms with E-state index in [-0.39, 0.29) is 11.6 Å². The summed E-state index contributed by atoms with van der Waals surface area (Å²) in [5.41, 5.74) is -0.316. The van der Waals surface area contributed by atoms with Crippen LogP contribution >= 0.6 is 0 Å². The molecule has 0 rings (SSSR count). The Morgan fingerprint density at radius 2 is 1.68 bits per heavy atom. The predicted molar refractivity (Wildman–Crippen MR) is 96.0 cm³/mol. The third-order valence-corrected chi connectivity index (χ3v) is 4.38. The van der Waals surface area contributed by atoms with Gasteiger partial charge >= 0.3 is 5.97 Å². The fourth-order valence-corrected chi connectivity index (χ4v) is 3.04. The molecule has 0 spiro atoms. The molecule has 0 aliphatic heterocycles. The molecule has 0 saturated carbocycles. The van der Waals surface area contributed by atoms with Gasteiger partial charge in [0.05, 0.1) is 0 Å². The average molecular weight is 313 g/mol. The van der Waals surface area contributed by atoms with Gasteiger partial charge < -0.3 is 4.74 Å². The topological polar surface area (TPSA) is 26.3 Å². The number of carbonyl (C=O) groups is 1. The zero-order chi connectivity index (χ0) is 17.0. The molecular weight excluding hydrogens is 272 g/mol. The smallest absolute Gasteiger partial charge is 0.306 e. The van der Waals surface area contributed by atoms with Crippen LogP contribution in [0.3, 0.4) is 0 Å². The number of carbonyl (C=O) groups excluding carboxylic acids is 1. The van der Waals surface area contributed by atoms with Crippen molar-refractivity contribution in [3.05, 3.63) is 0 Å². The Kier molecular flexibility index (Phi) is 11.7. The average Bonchev–Trinajstić information content (AvgIpc) is 2.42. The van der Waals surface area contributed by atoms with Crippen molar-refractivity contribution in [3.63, 3.8) is 0 Å². The summed E-state index contributed by atoms with van der Waals surface area (Å²) < 4.78 is 5.74. The summed E-state index contributed by atoms with van der Waals surface area (Å²) in [6.45, 7) is 13.1. The zero-order valence-electron chi connectivity index (χ0n) is 16.0. The number of ether oxygens (including phenoxy) is 1. The molecule has 0 aromatic carbocycles. The Morgan fingerprint density at radius 3 is 2.23 bits per heavy atom. The summed E-state index contributed by atoms with van der Waals surface area (Å²) in [6.07, 6.45) is 11.1. The maximum Gasteiger partial charge on any atom is 0.306 e. The second-order valence-electron chi connectivity index (χ2n) is 7.85. The van der Waals surface area contributed by atoms with Gasteiger partial charge in [0.2, 0.25) is 0 Å². The molecule has 0 fully saturated rings. The maximum atomic E-state index is 12.0. The standard InChI is InChI=1S/C20H40O2/c1-7-9-14-18(8-2)16-20(5,6)22-19(21)15-12-10-11-13-17(3)4/h17-18H,7-16H2,1-6H3. The third kappa shape index (κ3) is 12.1. The number of hydrogen-bond acceptors (Lipinski definition) is 2. The van der Waals surface area contributed by atoms with Crippen molar-refractivity contribution in [3.8, 4) is 0 Å². The van der Waals surface area contributed by atoms with Gasteiger partial charge in [0.1, 0.15) is 5.60 Å². The van der Waals surface area contributed by atoms with Gasteiger partial charge in [-0.15, -0.1) is 0 Å². The SMILES string of the molecule is CCCCC(CC)CC(C)(C)OC(=O)CCCCCC(C)C. The second kappa shape index (κ2) is 12.0. The first-order chi connectivity index (χ1) is 10.3. The van der Waals surface area contributed by atoms with Crippen molar-refractivity contribution in [2.75, 3.05) is 0 Å². The van der Waals surface area contributed by atoms with Crippen LogP contribution in [-0.2, 0) is 9.53 Å². The highest BCUT2D eigenvalue weighted by atomic mass is 16.6. The van der Waals surface area contributed by atoms with E-state index in [0.29, 0.717) is 12.3 Å². The lowest BCUT2D eigenvalue weighted by Crippen LogP contribution is -2.30. The molecule has 0 amide bonds. The molecule has 1 atom stereocenters. The van der Waals surface area contributed by atoms with E-state index < -0.39 is 0 Å². The molecule has 2 heteroatoms. The first kappa shape index (κ1) is 21.5. The summed E-state index contributed by atoms with van der Waals surface area (Å²) in [7, 11) is 0. The van der Waals surface area contributed by atoms with Crippen LogP contribution in [0.1, 0.15) is 106 Å². The molecule has 0 N–H and O–H groups in total. The van der Waals surface area contributed by atoms with Crippen molar-refractivity contribution in [2.24, 2.45) is 11.8 Å². The van der Waals surface area contributed by atoms with Crippen LogP contribution in [0.5, 0.6) is 0 Å². The summed E-state index contributed by atoms with van der Waals surface area (Å²) >= 11 is 0. The van der Waals surface area contributed by atoms with E-state index in [1.54, 1.807) is 0 Å². The van der Waals surface area contributed by atoms with Gasteiger partial charge in [-0.05, 0) is 38.5 Å². The minimum Gasteiger partial charge on any atom is -0.460 e. The van der Waals surface area contributed by atoms with E-state index in [4.69, 9.17) is 4.74 Å². The van der Waals surface area contributed by atoms with Crippen LogP contribution in [0.2, 0.25) is 0 Å². The molecule has 0 bridgehead atoms. The van der Waals surface area contributed by atoms with Gasteiger partial charge in [0.15, 0.2) is 0 Å². The molecule has 0 aromatic heterocycles. The van der Waals surface area contributed by atoms with Crippen LogP contribution < -0.4 is 0 Å². The van der Waals surface area contributed by atoms with E-state index in [2.05, 4.69) is 41.5 Å². The molecule has 22 heavy (non-hydrogen) atoms. The number of rotatable bonds is 13. The van der Waals surface area contributed by atoms with Gasteiger partial charge in [-0.3, -0.25) is 4.79 Å². The lowest BCUT2D eigenvalue weighted by Gasteiger charge is -2.29. The number of hydrogen-bond donors (Lipinski definition) is 0. The number of esters is 1. The van der Waals surface area contributed by atoms with Gasteiger partial charge in [-0.25, -0.2) is 0 Å². The summed E-state index contributed by atoms with van der Waals surface area (Å²) in [5, 5.41) is 0. The Labute approximate surface area is 139 Å². The van der Waals surface area contributed by atoms with E-state index in [1.807, 2.05) is 0 Å². The molecule has 0 saturated heterocycles. The molecule has 0 aliphatic rings. The largest absolute Gasteiger partial charge is 0.460 e. The van der Waals surface area contributed by atoms with Crippen LogP contribution in [0.4, 0.5) is 0 Å². The van der Waals surface area contributed by atoms with Crippen LogP contribution in [0.15, 0.2) is 0 Å². The van der Waals surface area contributed by atoms with E-state index in [1.165, 1.54) is 38.5 Å². The fourth-order valence-electron chi connectivity index (χ4n) is 3.04. The van der Waals surface area contributed by atoms with Crippen LogP contribution in [0, 0.1) is 11.8 Å². The lowest BCUT2D eigenvalue weighted by molar-refractivity contribution is -0.158. The Hall–Kier alpha value is -0.530. The molecule has 0 aromatic rings. The Balaban J connectivity index is 3.98. The van der Waals surface area contributed by atoms with Gasteiger partial charge in [-0.2, -0.15) is 0 Å². The van der Waals surface area contributed by atoms with Crippen molar-refractivity contribution < 1.29 is 9.53 Å². The van der Waals surface area contributed by atoms with Gasteiger partial charge in [0, 0.05) is 6.42 Å². The quantitative estimate of drug-likeness (QED) is 0.286. The zero-order valence-corrected chi connectivity index (χ0v) is 16.0.